The molecule has 0 saturated heterocycles. The van der Waals surface area contributed by atoms with Crippen LogP contribution in [0.2, 0.25) is 0 Å². The summed E-state index contributed by atoms with van der Waals surface area (Å²) in [5, 5.41) is 0.523. The summed E-state index contributed by atoms with van der Waals surface area (Å²) in [4.78, 5) is 50.2. The van der Waals surface area contributed by atoms with Gasteiger partial charge in [-0.3, -0.25) is 14.4 Å². The van der Waals surface area contributed by atoms with E-state index in [-0.39, 0.29) is 36.1 Å². The van der Waals surface area contributed by atoms with Crippen LogP contribution in [0.3, 0.4) is 0 Å². The zero-order chi connectivity index (χ0) is 27.8. The summed E-state index contributed by atoms with van der Waals surface area (Å²) in [7, 11) is 3.08. The zero-order valence-corrected chi connectivity index (χ0v) is 21.8. The van der Waals surface area contributed by atoms with E-state index in [0.717, 1.165) is 11.6 Å². The molecule has 0 fully saturated rings. The molecule has 3 aromatic rings. The number of carbonyl (C=O) groups excluding carboxylic acids is 3. The third-order valence-electron chi connectivity index (χ3n) is 5.64. The molecular formula is C28H27N3O8. The summed E-state index contributed by atoms with van der Waals surface area (Å²) in [5.41, 5.74) is 1.28. The summed E-state index contributed by atoms with van der Waals surface area (Å²) in [6, 6.07) is 9.97. The molecular weight excluding hydrogens is 506 g/mol. The number of ether oxygens (including phenoxy) is 5. The highest BCUT2D eigenvalue weighted by Crippen LogP contribution is 2.35. The molecule has 0 radical (unpaired) electrons. The number of ketones is 2. The number of aromatic nitrogens is 2. The number of Topliss-reactive ketones (excluding diaryl/α,β-unsaturated/α-hetero) is 1. The first-order chi connectivity index (χ1) is 18.9. The van der Waals surface area contributed by atoms with Gasteiger partial charge in [-0.05, 0) is 30.7 Å². The molecule has 1 aliphatic rings. The van der Waals surface area contributed by atoms with Gasteiger partial charge in [0, 0.05) is 24.6 Å². The Kier molecular flexibility index (Phi) is 8.95. The first-order valence-electron chi connectivity index (χ1n) is 12.2. The van der Waals surface area contributed by atoms with Crippen LogP contribution in [0.4, 0.5) is 5.82 Å². The molecule has 0 unspecified atom stereocenters. The minimum Gasteiger partial charge on any atom is -0.493 e. The van der Waals surface area contributed by atoms with Gasteiger partial charge in [-0.15, -0.1) is 0 Å². The number of benzene rings is 2. The van der Waals surface area contributed by atoms with Crippen LogP contribution < -0.4 is 14.2 Å². The Bertz CT molecular complexity index is 1450. The monoisotopic (exact) mass is 533 g/mol. The normalized spacial score (nSPS) is 14.3. The highest BCUT2D eigenvalue weighted by molar-refractivity contribution is 6.50. The van der Waals surface area contributed by atoms with Crippen LogP contribution in [0, 0.1) is 0 Å². The van der Waals surface area contributed by atoms with Crippen molar-refractivity contribution in [3.63, 3.8) is 0 Å². The maximum Gasteiger partial charge on any atom is 0.310 e. The van der Waals surface area contributed by atoms with Gasteiger partial charge in [0.1, 0.15) is 18.7 Å². The van der Waals surface area contributed by atoms with Crippen molar-refractivity contribution in [1.29, 1.82) is 0 Å². The number of aliphatic imine (C=N–C) groups is 1. The highest BCUT2D eigenvalue weighted by atomic mass is 16.5. The van der Waals surface area contributed by atoms with Crippen molar-refractivity contribution in [2.24, 2.45) is 4.99 Å². The fourth-order valence-corrected chi connectivity index (χ4v) is 3.75. The molecule has 11 heteroatoms. The molecule has 0 amide bonds. The number of hydrogen-bond donors (Lipinski definition) is 0. The third-order valence-corrected chi connectivity index (χ3v) is 5.64. The Hall–Kier alpha value is -4.64. The van der Waals surface area contributed by atoms with Gasteiger partial charge >= 0.3 is 5.97 Å². The van der Waals surface area contributed by atoms with E-state index in [1.54, 1.807) is 50.4 Å². The van der Waals surface area contributed by atoms with Crippen LogP contribution in [-0.2, 0) is 30.3 Å². The van der Waals surface area contributed by atoms with Gasteiger partial charge in [-0.25, -0.2) is 15.0 Å². The summed E-state index contributed by atoms with van der Waals surface area (Å²) in [6.45, 7) is 2.77. The molecule has 2 aromatic carbocycles. The van der Waals surface area contributed by atoms with Crippen LogP contribution in [-0.4, -0.2) is 67.3 Å². The third kappa shape index (κ3) is 6.82. The Morgan fingerprint density at radius 3 is 2.54 bits per heavy atom. The van der Waals surface area contributed by atoms with Gasteiger partial charge in [0.25, 0.3) is 0 Å². The SMILES string of the molecule is CCOC(=O)Cc1ccc(OC2=CC(=O)C(=Nc3ncnc4cc(OCCOC)c(OC)cc34)CC2=O)cc1. The van der Waals surface area contributed by atoms with Gasteiger partial charge in [-0.2, -0.15) is 0 Å². The predicted octanol–water partition coefficient (Wildman–Crippen LogP) is 3.35. The summed E-state index contributed by atoms with van der Waals surface area (Å²) in [6.07, 6.45) is 2.30. The van der Waals surface area contributed by atoms with Crippen molar-refractivity contribution in [3.8, 4) is 17.2 Å². The number of esters is 1. The lowest BCUT2D eigenvalue weighted by molar-refractivity contribution is -0.142. The first kappa shape index (κ1) is 27.4. The highest BCUT2D eigenvalue weighted by Gasteiger charge is 2.27. The number of allylic oxidation sites excluding steroid dienone is 2. The van der Waals surface area contributed by atoms with Crippen molar-refractivity contribution in [3.05, 3.63) is 60.1 Å². The van der Waals surface area contributed by atoms with E-state index in [4.69, 9.17) is 23.7 Å². The summed E-state index contributed by atoms with van der Waals surface area (Å²) in [5.74, 6) is 0.173. The van der Waals surface area contributed by atoms with Gasteiger partial charge < -0.3 is 23.7 Å². The molecule has 1 heterocycles. The van der Waals surface area contributed by atoms with E-state index in [0.29, 0.717) is 48.0 Å². The zero-order valence-electron chi connectivity index (χ0n) is 21.8. The summed E-state index contributed by atoms with van der Waals surface area (Å²) < 4.78 is 26.7. The first-order valence-corrected chi connectivity index (χ1v) is 12.2. The molecule has 1 aliphatic carbocycles. The van der Waals surface area contributed by atoms with Gasteiger partial charge in [0.15, 0.2) is 23.1 Å². The smallest absolute Gasteiger partial charge is 0.310 e. The maximum atomic E-state index is 12.9. The molecule has 4 rings (SSSR count). The second-order valence-electron chi connectivity index (χ2n) is 8.32. The van der Waals surface area contributed by atoms with Crippen molar-refractivity contribution >= 4 is 40.0 Å². The van der Waals surface area contributed by atoms with E-state index < -0.39 is 11.6 Å². The molecule has 1 aromatic heterocycles. The second kappa shape index (κ2) is 12.7. The van der Waals surface area contributed by atoms with Crippen LogP contribution in [0.1, 0.15) is 18.9 Å². The average molecular weight is 534 g/mol. The van der Waals surface area contributed by atoms with Crippen LogP contribution >= 0.6 is 0 Å². The minimum absolute atomic E-state index is 0.0246. The largest absolute Gasteiger partial charge is 0.493 e. The molecule has 202 valence electrons. The van der Waals surface area contributed by atoms with Gasteiger partial charge in [0.05, 0.1) is 44.4 Å². The number of nitrogens with zero attached hydrogens (tertiary/aromatic N) is 3. The predicted molar refractivity (Wildman–Crippen MR) is 141 cm³/mol. The average Bonchev–Trinajstić information content (AvgIpc) is 2.92. The Balaban J connectivity index is 1.53. The van der Waals surface area contributed by atoms with E-state index >= 15 is 0 Å². The van der Waals surface area contributed by atoms with Crippen molar-refractivity contribution < 1.29 is 38.1 Å². The fourth-order valence-electron chi connectivity index (χ4n) is 3.75. The lowest BCUT2D eigenvalue weighted by Gasteiger charge is -2.15. The van der Waals surface area contributed by atoms with Crippen molar-refractivity contribution in [2.75, 3.05) is 34.0 Å². The molecule has 0 atom stereocenters. The molecule has 0 saturated carbocycles. The van der Waals surface area contributed by atoms with Crippen molar-refractivity contribution in [1.82, 2.24) is 9.97 Å². The molecule has 0 spiro atoms. The van der Waals surface area contributed by atoms with Gasteiger partial charge in [-0.1, -0.05) is 12.1 Å². The minimum atomic E-state index is -0.471. The second-order valence-corrected chi connectivity index (χ2v) is 8.32. The topological polar surface area (TPSA) is 136 Å². The fraction of sp³-hybridized carbons (Fsp3) is 0.286. The number of fused-ring (bicyclic) bond motifs is 1. The summed E-state index contributed by atoms with van der Waals surface area (Å²) >= 11 is 0. The number of carbonyl (C=O) groups is 3. The standard InChI is InChI=1S/C28H27N3O8/c1-4-37-27(34)11-17-5-7-18(8-6-17)39-24-15-22(32)21(13-23(24)33)31-28-19-12-25(36-3)26(38-10-9-35-2)14-20(19)29-16-30-28/h5-8,12,14-16H,4,9-11,13H2,1-3H3. The van der Waals surface area contributed by atoms with Crippen LogP contribution in [0.25, 0.3) is 10.9 Å². The molecule has 0 N–H and O–H groups in total. The molecule has 11 nitrogen and oxygen atoms in total. The lowest BCUT2D eigenvalue weighted by Crippen LogP contribution is -2.26. The molecule has 0 aliphatic heterocycles. The van der Waals surface area contributed by atoms with Gasteiger partial charge in [0.2, 0.25) is 11.6 Å². The quantitative estimate of drug-likeness (QED) is 0.267. The number of hydrogen-bond acceptors (Lipinski definition) is 11. The maximum absolute atomic E-state index is 12.9. The molecule has 0 bridgehead atoms. The van der Waals surface area contributed by atoms with Crippen LogP contribution in [0.5, 0.6) is 17.2 Å². The van der Waals surface area contributed by atoms with Crippen molar-refractivity contribution in [2.45, 2.75) is 19.8 Å². The number of methoxy groups -OCH3 is 2. The lowest BCUT2D eigenvalue weighted by atomic mass is 10.0. The van der Waals surface area contributed by atoms with E-state index in [2.05, 4.69) is 15.0 Å². The Morgan fingerprint density at radius 2 is 1.82 bits per heavy atom. The number of rotatable bonds is 11. The molecule has 39 heavy (non-hydrogen) atoms. The van der Waals surface area contributed by atoms with E-state index in [1.165, 1.54) is 13.4 Å². The Morgan fingerprint density at radius 1 is 1.03 bits per heavy atom. The van der Waals surface area contributed by atoms with E-state index in [1.807, 2.05) is 0 Å². The van der Waals surface area contributed by atoms with Crippen LogP contribution in [0.15, 0.2) is 59.6 Å². The Labute approximate surface area is 224 Å². The van der Waals surface area contributed by atoms with E-state index in [9.17, 15) is 14.4 Å².